The van der Waals surface area contributed by atoms with Crippen molar-refractivity contribution in [3.8, 4) is 0 Å². The molecule has 0 saturated carbocycles. The number of carbonyl (C=O) groups is 1. The molecule has 0 spiro atoms. The molecular formula is C12H19N5O2. The Kier molecular flexibility index (Phi) is 3.24. The number of aromatic nitrogens is 3. The smallest absolute Gasteiger partial charge is 0.236 e. The summed E-state index contributed by atoms with van der Waals surface area (Å²) in [5.74, 6) is 0.163. The molecular weight excluding hydrogens is 246 g/mol. The highest BCUT2D eigenvalue weighted by molar-refractivity contribution is 5.78. The average Bonchev–Trinajstić information content (AvgIpc) is 2.85. The minimum Gasteiger partial charge on any atom is -0.368 e. The first-order valence-corrected chi connectivity index (χ1v) is 6.58. The third-order valence-corrected chi connectivity index (χ3v) is 3.74. The lowest BCUT2D eigenvalue weighted by molar-refractivity contribution is -0.140. The van der Waals surface area contributed by atoms with Crippen LogP contribution in [0.2, 0.25) is 0 Å². The zero-order valence-corrected chi connectivity index (χ0v) is 11.3. The van der Waals surface area contributed by atoms with E-state index in [0.717, 1.165) is 18.7 Å². The number of rotatable bonds is 2. The van der Waals surface area contributed by atoms with Gasteiger partial charge in [0, 0.05) is 13.1 Å². The maximum absolute atomic E-state index is 12.1. The summed E-state index contributed by atoms with van der Waals surface area (Å²) in [6.45, 7) is 2.39. The summed E-state index contributed by atoms with van der Waals surface area (Å²) in [5.41, 5.74) is 1.02. The van der Waals surface area contributed by atoms with Gasteiger partial charge in [-0.1, -0.05) is 5.21 Å². The minimum atomic E-state index is 0.0362. The Bertz CT molecular complexity index is 472. The number of piperidine rings is 1. The van der Waals surface area contributed by atoms with Crippen LogP contribution in [0.1, 0.15) is 18.2 Å². The molecule has 7 nitrogen and oxygen atoms in total. The van der Waals surface area contributed by atoms with Gasteiger partial charge in [-0.15, -0.1) is 5.10 Å². The molecule has 0 N–H and O–H groups in total. The van der Waals surface area contributed by atoms with Crippen molar-refractivity contribution in [3.05, 3.63) is 11.9 Å². The van der Waals surface area contributed by atoms with E-state index in [1.54, 1.807) is 6.20 Å². The SMILES string of the molecule is CN(C)CC(=O)N1CC[C@H]2[C@H](C1)OCc1cnnn12. The molecule has 0 aliphatic carbocycles. The second-order valence-electron chi connectivity index (χ2n) is 5.45. The average molecular weight is 265 g/mol. The number of fused-ring (bicyclic) bond motifs is 3. The quantitative estimate of drug-likeness (QED) is 0.722. The van der Waals surface area contributed by atoms with Crippen LogP contribution in [0.15, 0.2) is 6.20 Å². The molecule has 0 aromatic carbocycles. The van der Waals surface area contributed by atoms with Gasteiger partial charge in [0.25, 0.3) is 0 Å². The molecule has 0 radical (unpaired) electrons. The summed E-state index contributed by atoms with van der Waals surface area (Å²) in [7, 11) is 3.81. The maximum Gasteiger partial charge on any atom is 0.236 e. The van der Waals surface area contributed by atoms with Gasteiger partial charge in [0.05, 0.1) is 37.2 Å². The van der Waals surface area contributed by atoms with Crippen LogP contribution in [-0.2, 0) is 16.1 Å². The molecule has 1 aromatic rings. The monoisotopic (exact) mass is 265 g/mol. The van der Waals surface area contributed by atoms with Gasteiger partial charge in [0.1, 0.15) is 0 Å². The first kappa shape index (κ1) is 12.6. The molecule has 0 bridgehead atoms. The highest BCUT2D eigenvalue weighted by atomic mass is 16.5. The zero-order valence-electron chi connectivity index (χ0n) is 11.3. The molecule has 104 valence electrons. The van der Waals surface area contributed by atoms with Gasteiger partial charge < -0.3 is 14.5 Å². The summed E-state index contributed by atoms with van der Waals surface area (Å²) in [6, 6.07) is 0.217. The van der Waals surface area contributed by atoms with Crippen LogP contribution in [0.3, 0.4) is 0 Å². The first-order valence-electron chi connectivity index (χ1n) is 6.58. The number of hydrogen-bond donors (Lipinski definition) is 0. The van der Waals surface area contributed by atoms with E-state index < -0.39 is 0 Å². The largest absolute Gasteiger partial charge is 0.368 e. The van der Waals surface area contributed by atoms with Crippen LogP contribution in [0, 0.1) is 0 Å². The van der Waals surface area contributed by atoms with Crippen molar-refractivity contribution in [1.82, 2.24) is 24.8 Å². The second-order valence-corrected chi connectivity index (χ2v) is 5.45. The molecule has 2 aliphatic heterocycles. The van der Waals surface area contributed by atoms with E-state index in [1.807, 2.05) is 28.6 Å². The fraction of sp³-hybridized carbons (Fsp3) is 0.750. The van der Waals surface area contributed by atoms with Crippen LogP contribution in [0.5, 0.6) is 0 Å². The predicted octanol–water partition coefficient (Wildman–Crippen LogP) is -0.488. The van der Waals surface area contributed by atoms with Crippen molar-refractivity contribution in [1.29, 1.82) is 0 Å². The molecule has 0 unspecified atom stereocenters. The molecule has 1 saturated heterocycles. The third kappa shape index (κ3) is 2.35. The molecule has 19 heavy (non-hydrogen) atoms. The standard InChI is InChI=1S/C12H19N5O2/c1-15(2)7-12(18)16-4-3-10-11(6-16)19-8-9-5-13-14-17(9)10/h5,10-11H,3-4,6-8H2,1-2H3/t10-,11-/m0/s1. The Morgan fingerprint density at radius 1 is 1.58 bits per heavy atom. The van der Waals surface area contributed by atoms with E-state index in [4.69, 9.17) is 4.74 Å². The summed E-state index contributed by atoms with van der Waals surface area (Å²) in [6.07, 6.45) is 2.66. The van der Waals surface area contributed by atoms with Crippen molar-refractivity contribution < 1.29 is 9.53 Å². The van der Waals surface area contributed by atoms with E-state index in [9.17, 15) is 4.79 Å². The number of amides is 1. The van der Waals surface area contributed by atoms with Gasteiger partial charge in [0.15, 0.2) is 0 Å². The Hall–Kier alpha value is -1.47. The van der Waals surface area contributed by atoms with Crippen molar-refractivity contribution in [2.24, 2.45) is 0 Å². The number of hydrogen-bond acceptors (Lipinski definition) is 5. The van der Waals surface area contributed by atoms with Crippen LogP contribution >= 0.6 is 0 Å². The number of likely N-dealkylation sites (N-methyl/N-ethyl adjacent to an activating group) is 1. The molecule has 2 atom stereocenters. The van der Waals surface area contributed by atoms with Crippen LogP contribution in [0.25, 0.3) is 0 Å². The molecule has 2 aliphatic rings. The second kappa shape index (κ2) is 4.90. The maximum atomic E-state index is 12.1. The third-order valence-electron chi connectivity index (χ3n) is 3.74. The van der Waals surface area contributed by atoms with Gasteiger partial charge in [-0.25, -0.2) is 4.68 Å². The lowest BCUT2D eigenvalue weighted by Crippen LogP contribution is -2.52. The topological polar surface area (TPSA) is 63.5 Å². The highest BCUT2D eigenvalue weighted by Crippen LogP contribution is 2.30. The van der Waals surface area contributed by atoms with E-state index in [1.165, 1.54) is 0 Å². The fourth-order valence-electron chi connectivity index (χ4n) is 2.78. The van der Waals surface area contributed by atoms with Gasteiger partial charge in [-0.05, 0) is 20.5 Å². The Morgan fingerprint density at radius 2 is 2.42 bits per heavy atom. The number of carbonyl (C=O) groups excluding carboxylic acids is 1. The van der Waals surface area contributed by atoms with Crippen LogP contribution < -0.4 is 0 Å². The van der Waals surface area contributed by atoms with Crippen molar-refractivity contribution >= 4 is 5.91 Å². The Balaban J connectivity index is 1.68. The van der Waals surface area contributed by atoms with E-state index in [-0.39, 0.29) is 18.1 Å². The number of ether oxygens (including phenoxy) is 1. The van der Waals surface area contributed by atoms with Crippen molar-refractivity contribution in [3.63, 3.8) is 0 Å². The molecule has 1 fully saturated rings. The summed E-state index contributed by atoms with van der Waals surface area (Å²) >= 11 is 0. The predicted molar refractivity (Wildman–Crippen MR) is 67.4 cm³/mol. The number of nitrogens with zero attached hydrogens (tertiary/aromatic N) is 5. The van der Waals surface area contributed by atoms with Crippen molar-refractivity contribution in [2.75, 3.05) is 33.7 Å². The van der Waals surface area contributed by atoms with Crippen molar-refractivity contribution in [2.45, 2.75) is 25.2 Å². The molecule has 3 rings (SSSR count). The van der Waals surface area contributed by atoms with E-state index in [2.05, 4.69) is 10.3 Å². The van der Waals surface area contributed by atoms with E-state index >= 15 is 0 Å². The molecule has 1 amide bonds. The lowest BCUT2D eigenvalue weighted by atomic mass is 10.00. The Labute approximate surface area is 112 Å². The van der Waals surface area contributed by atoms with E-state index in [0.29, 0.717) is 19.7 Å². The van der Waals surface area contributed by atoms with Gasteiger partial charge in [-0.3, -0.25) is 4.79 Å². The van der Waals surface area contributed by atoms with Gasteiger partial charge in [-0.2, -0.15) is 0 Å². The molecule has 1 aromatic heterocycles. The normalized spacial score (nSPS) is 26.2. The summed E-state index contributed by atoms with van der Waals surface area (Å²) in [4.78, 5) is 15.9. The fourth-order valence-corrected chi connectivity index (χ4v) is 2.78. The lowest BCUT2D eigenvalue weighted by Gasteiger charge is -2.41. The highest BCUT2D eigenvalue weighted by Gasteiger charge is 2.37. The zero-order chi connectivity index (χ0) is 13.4. The molecule has 7 heteroatoms. The summed E-state index contributed by atoms with van der Waals surface area (Å²) < 4.78 is 7.80. The van der Waals surface area contributed by atoms with Crippen LogP contribution in [0.4, 0.5) is 0 Å². The summed E-state index contributed by atoms with van der Waals surface area (Å²) in [5, 5.41) is 8.07. The van der Waals surface area contributed by atoms with Crippen LogP contribution in [-0.4, -0.2) is 70.5 Å². The molecule has 3 heterocycles. The minimum absolute atomic E-state index is 0.0362. The van der Waals surface area contributed by atoms with Gasteiger partial charge >= 0.3 is 0 Å². The first-order chi connectivity index (χ1) is 9.15. The number of likely N-dealkylation sites (tertiary alicyclic amines) is 1. The van der Waals surface area contributed by atoms with Gasteiger partial charge in [0.2, 0.25) is 5.91 Å². The Morgan fingerprint density at radius 3 is 3.21 bits per heavy atom.